The van der Waals surface area contributed by atoms with Gasteiger partial charge in [-0.1, -0.05) is 224 Å². The molecule has 0 aromatic heterocycles. The molecule has 0 aliphatic rings. The standard InChI is InChI=1S/C62H38/c1-3-16-39(17-4-1)40-30-32-42(33-31-40)45-34-36-53(49-25-12-11-24-48(45)49)58-51-26-13-14-27-52(51)60-56-37-35-50(47-23-10-9-21-44(47)41-18-5-2-6-19-41)57-38-43-20-7-8-22-46(43)59(62(56)57)55-29-15-28-54(58)61(55)60/h1-38H. The highest BCUT2D eigenvalue weighted by Gasteiger charge is 2.24. The van der Waals surface area contributed by atoms with Gasteiger partial charge in [0.05, 0.1) is 0 Å². The molecule has 0 saturated heterocycles. The van der Waals surface area contributed by atoms with E-state index in [1.807, 2.05) is 0 Å². The summed E-state index contributed by atoms with van der Waals surface area (Å²) in [5, 5.41) is 18.1. The van der Waals surface area contributed by atoms with Crippen molar-refractivity contribution in [2.75, 3.05) is 0 Å². The van der Waals surface area contributed by atoms with Crippen LogP contribution >= 0.6 is 0 Å². The van der Waals surface area contributed by atoms with Gasteiger partial charge in [-0.15, -0.1) is 0 Å². The maximum atomic E-state index is 2.44. The van der Waals surface area contributed by atoms with E-state index in [-0.39, 0.29) is 0 Å². The SMILES string of the molecule is c1ccc(-c2ccc(-c3ccc(-c4c5ccccc5c5c6ccc(-c7ccccc7-c7ccccc7)c7cc8ccccc8c(c8cccc4c85)c76)c4ccccc34)cc2)cc1. The quantitative estimate of drug-likeness (QED) is 0.120. The second-order valence-corrected chi connectivity index (χ2v) is 16.6. The van der Waals surface area contributed by atoms with Crippen molar-refractivity contribution in [2.24, 2.45) is 0 Å². The predicted octanol–water partition coefficient (Wildman–Crippen LogP) is 17.5. The molecule has 13 aromatic rings. The average Bonchev–Trinajstić information content (AvgIpc) is 3.35. The van der Waals surface area contributed by atoms with Crippen molar-refractivity contribution in [3.05, 3.63) is 231 Å². The van der Waals surface area contributed by atoms with Crippen LogP contribution in [0.3, 0.4) is 0 Å². The van der Waals surface area contributed by atoms with Crippen LogP contribution in [-0.2, 0) is 0 Å². The number of hydrogen-bond donors (Lipinski definition) is 0. The van der Waals surface area contributed by atoms with Gasteiger partial charge in [0.1, 0.15) is 0 Å². The minimum absolute atomic E-state index is 1.22. The van der Waals surface area contributed by atoms with Crippen LogP contribution in [0, 0.1) is 0 Å². The lowest BCUT2D eigenvalue weighted by molar-refractivity contribution is 1.60. The second-order valence-electron chi connectivity index (χ2n) is 16.6. The van der Waals surface area contributed by atoms with Crippen LogP contribution in [0.4, 0.5) is 0 Å². The van der Waals surface area contributed by atoms with Gasteiger partial charge in [-0.05, 0) is 137 Å². The van der Waals surface area contributed by atoms with Crippen molar-refractivity contribution >= 4 is 75.4 Å². The summed E-state index contributed by atoms with van der Waals surface area (Å²) >= 11 is 0. The molecule has 0 aliphatic heterocycles. The molecule has 0 aliphatic carbocycles. The minimum atomic E-state index is 1.22. The Balaban J connectivity index is 1.12. The van der Waals surface area contributed by atoms with Gasteiger partial charge in [0.2, 0.25) is 0 Å². The molecular formula is C62H38. The van der Waals surface area contributed by atoms with Gasteiger partial charge >= 0.3 is 0 Å². The van der Waals surface area contributed by atoms with Crippen LogP contribution in [0.2, 0.25) is 0 Å². The minimum Gasteiger partial charge on any atom is -0.0622 e. The van der Waals surface area contributed by atoms with E-state index in [1.54, 1.807) is 0 Å². The molecule has 62 heavy (non-hydrogen) atoms. The largest absolute Gasteiger partial charge is 0.0622 e. The Morgan fingerprint density at radius 2 is 0.629 bits per heavy atom. The molecule has 13 rings (SSSR count). The Morgan fingerprint density at radius 3 is 1.40 bits per heavy atom. The van der Waals surface area contributed by atoms with Gasteiger partial charge in [0.15, 0.2) is 0 Å². The van der Waals surface area contributed by atoms with Crippen molar-refractivity contribution in [3.8, 4) is 55.6 Å². The van der Waals surface area contributed by atoms with Crippen molar-refractivity contribution in [1.29, 1.82) is 0 Å². The van der Waals surface area contributed by atoms with E-state index in [0.29, 0.717) is 0 Å². The summed E-state index contributed by atoms with van der Waals surface area (Å²) < 4.78 is 0. The molecule has 0 fully saturated rings. The van der Waals surface area contributed by atoms with Crippen LogP contribution in [0.25, 0.3) is 131 Å². The summed E-state index contributed by atoms with van der Waals surface area (Å²) in [5.74, 6) is 0. The maximum Gasteiger partial charge on any atom is -0.00134 e. The van der Waals surface area contributed by atoms with Gasteiger partial charge < -0.3 is 0 Å². The van der Waals surface area contributed by atoms with Crippen LogP contribution in [0.5, 0.6) is 0 Å². The first kappa shape index (κ1) is 34.8. The molecule has 0 heteroatoms. The van der Waals surface area contributed by atoms with E-state index in [1.165, 1.54) is 131 Å². The molecule has 0 unspecified atom stereocenters. The fraction of sp³-hybridized carbons (Fsp3) is 0. The molecule has 0 spiro atoms. The van der Waals surface area contributed by atoms with Gasteiger partial charge in [-0.25, -0.2) is 0 Å². The molecule has 0 N–H and O–H groups in total. The summed E-state index contributed by atoms with van der Waals surface area (Å²) in [7, 11) is 0. The molecule has 0 saturated carbocycles. The summed E-state index contributed by atoms with van der Waals surface area (Å²) in [4.78, 5) is 0. The molecule has 0 amide bonds. The summed E-state index contributed by atoms with van der Waals surface area (Å²) in [6.45, 7) is 0. The van der Waals surface area contributed by atoms with Gasteiger partial charge in [0.25, 0.3) is 0 Å². The van der Waals surface area contributed by atoms with E-state index >= 15 is 0 Å². The van der Waals surface area contributed by atoms with Crippen LogP contribution in [-0.4, -0.2) is 0 Å². The van der Waals surface area contributed by atoms with Crippen LogP contribution in [0.1, 0.15) is 0 Å². The van der Waals surface area contributed by atoms with Gasteiger partial charge in [-0.3, -0.25) is 0 Å². The zero-order chi connectivity index (χ0) is 40.7. The zero-order valence-corrected chi connectivity index (χ0v) is 33.9. The molecule has 0 radical (unpaired) electrons. The highest BCUT2D eigenvalue weighted by molar-refractivity contribution is 6.44. The highest BCUT2D eigenvalue weighted by Crippen LogP contribution is 2.52. The lowest BCUT2D eigenvalue weighted by atomic mass is 9.80. The monoisotopic (exact) mass is 782 g/mol. The lowest BCUT2D eigenvalue weighted by Crippen LogP contribution is -1.95. The molecule has 0 atom stereocenters. The third-order valence-corrected chi connectivity index (χ3v) is 13.4. The lowest BCUT2D eigenvalue weighted by Gasteiger charge is -2.23. The smallest absolute Gasteiger partial charge is 0.00134 e. The van der Waals surface area contributed by atoms with Gasteiger partial charge in [0, 0.05) is 0 Å². The topological polar surface area (TPSA) is 0 Å². The molecule has 13 aromatic carbocycles. The number of rotatable bonds is 5. The maximum absolute atomic E-state index is 2.44. The van der Waals surface area contributed by atoms with Crippen molar-refractivity contribution in [2.45, 2.75) is 0 Å². The summed E-state index contributed by atoms with van der Waals surface area (Å²) in [6, 6.07) is 85.5. The third kappa shape index (κ3) is 5.14. The Hall–Kier alpha value is -8.06. The number of fused-ring (bicyclic) bond motifs is 7. The molecule has 0 nitrogen and oxygen atoms in total. The zero-order valence-electron chi connectivity index (χ0n) is 33.9. The second kappa shape index (κ2) is 13.7. The van der Waals surface area contributed by atoms with Gasteiger partial charge in [-0.2, -0.15) is 0 Å². The van der Waals surface area contributed by atoms with Crippen LogP contribution < -0.4 is 0 Å². The van der Waals surface area contributed by atoms with E-state index in [2.05, 4.69) is 231 Å². The van der Waals surface area contributed by atoms with E-state index < -0.39 is 0 Å². The first-order valence-electron chi connectivity index (χ1n) is 21.6. The Kier molecular flexibility index (Phi) is 7.71. The number of benzene rings is 13. The molecule has 286 valence electrons. The van der Waals surface area contributed by atoms with Crippen molar-refractivity contribution in [1.82, 2.24) is 0 Å². The summed E-state index contributed by atoms with van der Waals surface area (Å²) in [6.07, 6.45) is 0. The predicted molar refractivity (Wildman–Crippen MR) is 267 cm³/mol. The fourth-order valence-corrected chi connectivity index (χ4v) is 10.7. The normalized spacial score (nSPS) is 11.9. The number of hydrogen-bond acceptors (Lipinski definition) is 0. The molecular weight excluding hydrogens is 745 g/mol. The first-order valence-corrected chi connectivity index (χ1v) is 21.6. The summed E-state index contributed by atoms with van der Waals surface area (Å²) in [5.41, 5.74) is 12.4. The van der Waals surface area contributed by atoms with Crippen LogP contribution in [0.15, 0.2) is 231 Å². The molecule has 0 heterocycles. The Labute approximate surface area is 359 Å². The Bertz CT molecular complexity index is 3880. The van der Waals surface area contributed by atoms with E-state index in [4.69, 9.17) is 0 Å². The van der Waals surface area contributed by atoms with Crippen molar-refractivity contribution in [3.63, 3.8) is 0 Å². The fourth-order valence-electron chi connectivity index (χ4n) is 10.7. The third-order valence-electron chi connectivity index (χ3n) is 13.4. The van der Waals surface area contributed by atoms with Crippen molar-refractivity contribution < 1.29 is 0 Å². The highest BCUT2D eigenvalue weighted by atomic mass is 14.3. The van der Waals surface area contributed by atoms with E-state index in [9.17, 15) is 0 Å². The average molecular weight is 783 g/mol. The molecule has 0 bridgehead atoms. The first-order chi connectivity index (χ1) is 30.8. The van der Waals surface area contributed by atoms with E-state index in [0.717, 1.165) is 0 Å². The Morgan fingerprint density at radius 1 is 0.177 bits per heavy atom.